The standard InChI is InChI=1S/C18H15NO7/c1-24-17(20)10-25-13-5-6-14-15(9-13)26-16(18(14)21)8-11-3-2-4-12(7-11)19(22)23/h2-9,19,22H,10H2,1H3. The third-order valence-electron chi connectivity index (χ3n) is 3.66. The van der Waals surface area contributed by atoms with Gasteiger partial charge in [0.15, 0.2) is 18.1 Å². The number of carbonyl (C=O) groups excluding carboxylic acids is 2. The van der Waals surface area contributed by atoms with Crippen molar-refractivity contribution in [2.45, 2.75) is 0 Å². The molecule has 0 spiro atoms. The van der Waals surface area contributed by atoms with Gasteiger partial charge in [0.2, 0.25) is 5.78 Å². The van der Waals surface area contributed by atoms with Gasteiger partial charge in [0, 0.05) is 18.2 Å². The fourth-order valence-corrected chi connectivity index (χ4v) is 2.37. The van der Waals surface area contributed by atoms with Crippen LogP contribution in [0.2, 0.25) is 0 Å². The van der Waals surface area contributed by atoms with Crippen molar-refractivity contribution in [3.63, 3.8) is 0 Å². The predicted octanol–water partition coefficient (Wildman–Crippen LogP) is 1.26. The molecular formula is C18H15NO7. The highest BCUT2D eigenvalue weighted by Crippen LogP contribution is 2.35. The first-order valence-corrected chi connectivity index (χ1v) is 7.59. The maximum atomic E-state index is 12.4. The van der Waals surface area contributed by atoms with Crippen molar-refractivity contribution in [2.24, 2.45) is 0 Å². The topological polar surface area (TPSA) is 110 Å². The lowest BCUT2D eigenvalue weighted by molar-refractivity contribution is -0.991. The van der Waals surface area contributed by atoms with E-state index in [2.05, 4.69) is 4.74 Å². The van der Waals surface area contributed by atoms with E-state index in [9.17, 15) is 14.8 Å². The molecule has 1 aliphatic heterocycles. The molecule has 0 aromatic heterocycles. The zero-order valence-electron chi connectivity index (χ0n) is 13.7. The van der Waals surface area contributed by atoms with E-state index < -0.39 is 11.2 Å². The largest absolute Gasteiger partial charge is 0.595 e. The summed E-state index contributed by atoms with van der Waals surface area (Å²) in [5.74, 6) is -0.108. The average Bonchev–Trinajstić information content (AvgIpc) is 2.95. The molecule has 2 N–H and O–H groups in total. The van der Waals surface area contributed by atoms with Gasteiger partial charge in [-0.3, -0.25) is 4.79 Å². The van der Waals surface area contributed by atoms with Crippen LogP contribution in [0, 0.1) is 5.21 Å². The maximum absolute atomic E-state index is 12.4. The molecule has 1 atom stereocenters. The summed E-state index contributed by atoms with van der Waals surface area (Å²) in [4.78, 5) is 23.5. The van der Waals surface area contributed by atoms with Crippen molar-refractivity contribution in [1.82, 2.24) is 0 Å². The predicted molar refractivity (Wildman–Crippen MR) is 89.1 cm³/mol. The van der Waals surface area contributed by atoms with Crippen molar-refractivity contribution >= 4 is 23.5 Å². The Hall–Kier alpha value is -3.20. The molecule has 26 heavy (non-hydrogen) atoms. The molecule has 8 heteroatoms. The molecule has 134 valence electrons. The smallest absolute Gasteiger partial charge is 0.343 e. The molecule has 0 aliphatic carbocycles. The summed E-state index contributed by atoms with van der Waals surface area (Å²) < 4.78 is 15.3. The molecule has 1 heterocycles. The SMILES string of the molecule is COC(=O)COc1ccc2c(c1)OC(=Cc1cccc([NH+]([O-])O)c1)C2=O. The highest BCUT2D eigenvalue weighted by molar-refractivity contribution is 6.14. The summed E-state index contributed by atoms with van der Waals surface area (Å²) in [5.41, 5.74) is 1.00. The van der Waals surface area contributed by atoms with E-state index >= 15 is 0 Å². The maximum Gasteiger partial charge on any atom is 0.343 e. The van der Waals surface area contributed by atoms with Gasteiger partial charge in [0.25, 0.3) is 0 Å². The molecule has 0 saturated carbocycles. The Labute approximate surface area is 148 Å². The zero-order chi connectivity index (χ0) is 18.7. The number of esters is 1. The van der Waals surface area contributed by atoms with E-state index in [-0.39, 0.29) is 23.8 Å². The van der Waals surface area contributed by atoms with Gasteiger partial charge in [-0.25, -0.2) is 10.0 Å². The average molecular weight is 357 g/mol. The molecule has 2 aromatic rings. The summed E-state index contributed by atoms with van der Waals surface area (Å²) >= 11 is 0. The van der Waals surface area contributed by atoms with Gasteiger partial charge in [-0.2, -0.15) is 5.23 Å². The first-order valence-electron chi connectivity index (χ1n) is 7.59. The molecular weight excluding hydrogens is 342 g/mol. The van der Waals surface area contributed by atoms with Crippen molar-refractivity contribution in [3.05, 3.63) is 64.6 Å². The van der Waals surface area contributed by atoms with Crippen LogP contribution in [-0.2, 0) is 9.53 Å². The number of nitrogens with one attached hydrogen (secondary N) is 1. The number of fused-ring (bicyclic) bond motifs is 1. The highest BCUT2D eigenvalue weighted by atomic mass is 16.8. The number of rotatable bonds is 5. The van der Waals surface area contributed by atoms with Crippen molar-refractivity contribution in [2.75, 3.05) is 13.7 Å². The second-order valence-corrected chi connectivity index (χ2v) is 5.39. The zero-order valence-corrected chi connectivity index (χ0v) is 13.7. The number of methoxy groups -OCH3 is 1. The lowest BCUT2D eigenvalue weighted by atomic mass is 10.1. The van der Waals surface area contributed by atoms with Crippen LogP contribution in [0.1, 0.15) is 15.9 Å². The monoisotopic (exact) mass is 357 g/mol. The minimum absolute atomic E-state index is 0.0765. The number of benzene rings is 2. The van der Waals surface area contributed by atoms with Gasteiger partial charge in [0.05, 0.1) is 12.7 Å². The molecule has 0 amide bonds. The minimum atomic E-state index is -1.06. The van der Waals surface area contributed by atoms with E-state index in [1.807, 2.05) is 0 Å². The van der Waals surface area contributed by atoms with Crippen LogP contribution >= 0.6 is 0 Å². The third-order valence-corrected chi connectivity index (χ3v) is 3.66. The fraction of sp³-hybridized carbons (Fsp3) is 0.111. The van der Waals surface area contributed by atoms with Crippen LogP contribution in [-0.4, -0.2) is 30.7 Å². The van der Waals surface area contributed by atoms with Gasteiger partial charge in [-0.05, 0) is 23.8 Å². The molecule has 0 bridgehead atoms. The van der Waals surface area contributed by atoms with E-state index in [1.165, 1.54) is 31.4 Å². The summed E-state index contributed by atoms with van der Waals surface area (Å²) in [6.45, 7) is -0.256. The molecule has 0 fully saturated rings. The number of ketones is 1. The van der Waals surface area contributed by atoms with Gasteiger partial charge in [0.1, 0.15) is 11.5 Å². The number of quaternary nitrogens is 1. The van der Waals surface area contributed by atoms with Crippen molar-refractivity contribution < 1.29 is 34.2 Å². The molecule has 3 rings (SSSR count). The minimum Gasteiger partial charge on any atom is -0.595 e. The Morgan fingerprint density at radius 2 is 2.12 bits per heavy atom. The van der Waals surface area contributed by atoms with Crippen molar-refractivity contribution in [3.8, 4) is 11.5 Å². The normalized spacial score (nSPS) is 15.3. The lowest BCUT2D eigenvalue weighted by Crippen LogP contribution is -2.99. The first-order chi connectivity index (χ1) is 12.5. The van der Waals surface area contributed by atoms with E-state index in [0.717, 1.165) is 0 Å². The summed E-state index contributed by atoms with van der Waals surface area (Å²) in [6.07, 6.45) is 1.48. The Bertz CT molecular complexity index is 889. The Morgan fingerprint density at radius 3 is 2.85 bits per heavy atom. The lowest BCUT2D eigenvalue weighted by Gasteiger charge is -2.11. The first kappa shape index (κ1) is 17.6. The van der Waals surface area contributed by atoms with E-state index in [4.69, 9.17) is 14.7 Å². The Morgan fingerprint density at radius 1 is 1.31 bits per heavy atom. The van der Waals surface area contributed by atoms with Crippen molar-refractivity contribution in [1.29, 1.82) is 0 Å². The number of carbonyl (C=O) groups is 2. The quantitative estimate of drug-likeness (QED) is 0.471. The van der Waals surface area contributed by atoms with Crippen LogP contribution in [0.25, 0.3) is 6.08 Å². The summed E-state index contributed by atoms with van der Waals surface area (Å²) in [6, 6.07) is 10.8. The van der Waals surface area contributed by atoms with Crippen LogP contribution in [0.5, 0.6) is 11.5 Å². The van der Waals surface area contributed by atoms with E-state index in [0.29, 0.717) is 22.6 Å². The van der Waals surface area contributed by atoms with Gasteiger partial charge in [-0.15, -0.1) is 0 Å². The van der Waals surface area contributed by atoms with Gasteiger partial charge < -0.3 is 19.4 Å². The van der Waals surface area contributed by atoms with Crippen LogP contribution < -0.4 is 14.7 Å². The number of Topliss-reactive ketones (excluding diaryl/α,β-unsaturated/α-hetero) is 1. The number of ether oxygens (including phenoxy) is 3. The summed E-state index contributed by atoms with van der Waals surface area (Å²) in [5, 5.41) is 19.0. The fourth-order valence-electron chi connectivity index (χ4n) is 2.37. The van der Waals surface area contributed by atoms with Crippen LogP contribution in [0.3, 0.4) is 0 Å². The van der Waals surface area contributed by atoms with Crippen LogP contribution in [0.15, 0.2) is 48.2 Å². The second-order valence-electron chi connectivity index (χ2n) is 5.39. The number of allylic oxidation sites excluding steroid dienone is 1. The molecule has 1 unspecified atom stereocenters. The second kappa shape index (κ2) is 7.36. The molecule has 1 aliphatic rings. The highest BCUT2D eigenvalue weighted by Gasteiger charge is 2.27. The molecule has 0 radical (unpaired) electrons. The van der Waals surface area contributed by atoms with Gasteiger partial charge >= 0.3 is 5.97 Å². The summed E-state index contributed by atoms with van der Waals surface area (Å²) in [7, 11) is 1.26. The van der Waals surface area contributed by atoms with E-state index in [1.54, 1.807) is 24.3 Å². The van der Waals surface area contributed by atoms with Crippen LogP contribution in [0.4, 0.5) is 5.69 Å². The molecule has 8 nitrogen and oxygen atoms in total. The number of hydrogen-bond donors (Lipinski definition) is 2. The Balaban J connectivity index is 1.81. The van der Waals surface area contributed by atoms with Gasteiger partial charge in [-0.1, -0.05) is 12.1 Å². The Kier molecular flexibility index (Phi) is 4.99. The molecule has 2 aromatic carbocycles. The molecule has 0 saturated heterocycles. The third kappa shape index (κ3) is 3.72. The number of hydrogen-bond acceptors (Lipinski definition) is 7.